The van der Waals surface area contributed by atoms with E-state index in [1.807, 2.05) is 18.3 Å². The molecule has 2 saturated heterocycles. The molecule has 1 atom stereocenters. The van der Waals surface area contributed by atoms with Crippen molar-refractivity contribution in [2.45, 2.75) is 31.1 Å². The van der Waals surface area contributed by atoms with Gasteiger partial charge in [0.2, 0.25) is 5.91 Å². The Bertz CT molecular complexity index is 670. The van der Waals surface area contributed by atoms with E-state index in [0.717, 1.165) is 24.5 Å². The van der Waals surface area contributed by atoms with Crippen molar-refractivity contribution < 1.29 is 13.2 Å². The molecule has 132 valence electrons. The third-order valence-electron chi connectivity index (χ3n) is 4.37. The second kappa shape index (κ2) is 7.74. The van der Waals surface area contributed by atoms with Gasteiger partial charge in [0.15, 0.2) is 9.84 Å². The van der Waals surface area contributed by atoms with Crippen LogP contribution in [0, 0.1) is 0 Å². The van der Waals surface area contributed by atoms with Gasteiger partial charge in [0.05, 0.1) is 17.3 Å². The fourth-order valence-electron chi connectivity index (χ4n) is 2.99. The Morgan fingerprint density at radius 3 is 2.75 bits per heavy atom. The molecule has 0 bridgehead atoms. The Morgan fingerprint density at radius 1 is 1.33 bits per heavy atom. The first kappa shape index (κ1) is 17.5. The predicted molar refractivity (Wildman–Crippen MR) is 97.0 cm³/mol. The molecule has 0 aromatic carbocycles. The SMILES string of the molecule is O=C(CSC1CCS(=O)(=O)C1)NCc1ccc(N2CCCC2)nc1. The summed E-state index contributed by atoms with van der Waals surface area (Å²) < 4.78 is 22.8. The number of nitrogens with zero attached hydrogens (tertiary/aromatic N) is 2. The third kappa shape index (κ3) is 4.86. The first-order valence-electron chi connectivity index (χ1n) is 8.30. The molecule has 2 fully saturated rings. The number of carbonyl (C=O) groups excluding carboxylic acids is 1. The first-order chi connectivity index (χ1) is 11.5. The van der Waals surface area contributed by atoms with Crippen LogP contribution in [0.25, 0.3) is 0 Å². The summed E-state index contributed by atoms with van der Waals surface area (Å²) >= 11 is 1.44. The molecule has 24 heavy (non-hydrogen) atoms. The fourth-order valence-corrected chi connectivity index (χ4v) is 6.47. The number of nitrogens with one attached hydrogen (secondary N) is 1. The van der Waals surface area contributed by atoms with Gasteiger partial charge in [-0.05, 0) is 30.9 Å². The minimum absolute atomic E-state index is 0.0576. The lowest BCUT2D eigenvalue weighted by Gasteiger charge is -2.16. The van der Waals surface area contributed by atoms with Crippen molar-refractivity contribution in [1.82, 2.24) is 10.3 Å². The van der Waals surface area contributed by atoms with Gasteiger partial charge in [-0.15, -0.1) is 11.8 Å². The molecule has 3 rings (SSSR count). The standard InChI is InChI=1S/C16H23N3O3S2/c20-16(11-23-14-5-8-24(21,22)12-14)18-10-13-3-4-15(17-9-13)19-6-1-2-7-19/h3-4,9,14H,1-2,5-8,10-12H2,(H,18,20). The zero-order valence-electron chi connectivity index (χ0n) is 13.6. The van der Waals surface area contributed by atoms with Crippen molar-refractivity contribution in [3.8, 4) is 0 Å². The maximum atomic E-state index is 11.9. The summed E-state index contributed by atoms with van der Waals surface area (Å²) in [5.41, 5.74) is 0.972. The highest BCUT2D eigenvalue weighted by atomic mass is 32.2. The minimum atomic E-state index is -2.87. The highest BCUT2D eigenvalue weighted by Gasteiger charge is 2.28. The van der Waals surface area contributed by atoms with Gasteiger partial charge in [-0.1, -0.05) is 6.07 Å². The summed E-state index contributed by atoms with van der Waals surface area (Å²) in [5.74, 6) is 1.70. The lowest BCUT2D eigenvalue weighted by Crippen LogP contribution is -2.26. The van der Waals surface area contributed by atoms with E-state index in [9.17, 15) is 13.2 Å². The van der Waals surface area contributed by atoms with Crippen LogP contribution in [0.15, 0.2) is 18.3 Å². The number of pyridine rings is 1. The lowest BCUT2D eigenvalue weighted by molar-refractivity contribution is -0.118. The van der Waals surface area contributed by atoms with Crippen LogP contribution in [-0.2, 0) is 21.2 Å². The summed E-state index contributed by atoms with van der Waals surface area (Å²) in [4.78, 5) is 18.6. The van der Waals surface area contributed by atoms with Crippen molar-refractivity contribution in [2.75, 3.05) is 35.2 Å². The van der Waals surface area contributed by atoms with Crippen molar-refractivity contribution in [2.24, 2.45) is 0 Å². The van der Waals surface area contributed by atoms with Crippen LogP contribution in [0.1, 0.15) is 24.8 Å². The Morgan fingerprint density at radius 2 is 2.12 bits per heavy atom. The number of rotatable bonds is 6. The van der Waals surface area contributed by atoms with E-state index >= 15 is 0 Å². The molecule has 6 nitrogen and oxygen atoms in total. The molecule has 0 spiro atoms. The number of anilines is 1. The van der Waals surface area contributed by atoms with Crippen LogP contribution >= 0.6 is 11.8 Å². The van der Waals surface area contributed by atoms with Crippen LogP contribution in [0.4, 0.5) is 5.82 Å². The molecular weight excluding hydrogens is 346 g/mol. The van der Waals surface area contributed by atoms with E-state index < -0.39 is 9.84 Å². The fraction of sp³-hybridized carbons (Fsp3) is 0.625. The number of carbonyl (C=O) groups is 1. The second-order valence-electron chi connectivity index (χ2n) is 6.33. The van der Waals surface area contributed by atoms with Crippen molar-refractivity contribution >= 4 is 33.3 Å². The number of hydrogen-bond acceptors (Lipinski definition) is 6. The number of thioether (sulfide) groups is 1. The second-order valence-corrected chi connectivity index (χ2v) is 9.85. The number of sulfone groups is 1. The molecule has 2 aliphatic rings. The van der Waals surface area contributed by atoms with Gasteiger partial charge >= 0.3 is 0 Å². The molecule has 0 radical (unpaired) electrons. The molecule has 1 unspecified atom stereocenters. The minimum Gasteiger partial charge on any atom is -0.357 e. The van der Waals surface area contributed by atoms with E-state index in [2.05, 4.69) is 15.2 Å². The summed E-state index contributed by atoms with van der Waals surface area (Å²) in [6, 6.07) is 4.00. The van der Waals surface area contributed by atoms with Crippen LogP contribution in [-0.4, -0.2) is 54.9 Å². The van der Waals surface area contributed by atoms with Crippen molar-refractivity contribution in [3.05, 3.63) is 23.9 Å². The van der Waals surface area contributed by atoms with Crippen LogP contribution in [0.3, 0.4) is 0 Å². The summed E-state index contributed by atoms with van der Waals surface area (Å²) in [6.07, 6.45) is 4.91. The number of aromatic nitrogens is 1. The molecule has 1 aromatic heterocycles. The molecule has 1 N–H and O–H groups in total. The quantitative estimate of drug-likeness (QED) is 0.812. The molecule has 3 heterocycles. The maximum absolute atomic E-state index is 11.9. The van der Waals surface area contributed by atoms with Crippen LogP contribution in [0.5, 0.6) is 0 Å². The normalized spacial score (nSPS) is 22.7. The Balaban J connectivity index is 1.39. The topological polar surface area (TPSA) is 79.4 Å². The maximum Gasteiger partial charge on any atom is 0.230 e. The van der Waals surface area contributed by atoms with E-state index in [1.54, 1.807) is 0 Å². The van der Waals surface area contributed by atoms with E-state index in [-0.39, 0.29) is 22.7 Å². The van der Waals surface area contributed by atoms with E-state index in [1.165, 1.54) is 24.6 Å². The Hall–Kier alpha value is -1.28. The molecular formula is C16H23N3O3S2. The van der Waals surface area contributed by atoms with Crippen LogP contribution in [0.2, 0.25) is 0 Å². The van der Waals surface area contributed by atoms with Gasteiger partial charge in [-0.3, -0.25) is 4.79 Å². The zero-order valence-corrected chi connectivity index (χ0v) is 15.2. The largest absolute Gasteiger partial charge is 0.357 e. The third-order valence-corrected chi connectivity index (χ3v) is 7.65. The van der Waals surface area contributed by atoms with Crippen molar-refractivity contribution in [3.63, 3.8) is 0 Å². The molecule has 0 saturated carbocycles. The Kier molecular flexibility index (Phi) is 5.65. The number of hydrogen-bond donors (Lipinski definition) is 1. The van der Waals surface area contributed by atoms with Gasteiger partial charge in [0.1, 0.15) is 5.82 Å². The molecule has 2 aliphatic heterocycles. The monoisotopic (exact) mass is 369 g/mol. The molecule has 1 aromatic rings. The highest BCUT2D eigenvalue weighted by Crippen LogP contribution is 2.24. The molecule has 8 heteroatoms. The first-order valence-corrected chi connectivity index (χ1v) is 11.2. The van der Waals surface area contributed by atoms with Gasteiger partial charge in [-0.2, -0.15) is 0 Å². The Labute approximate surface area is 147 Å². The molecule has 1 amide bonds. The predicted octanol–water partition coefficient (Wildman–Crippen LogP) is 1.22. The van der Waals surface area contributed by atoms with E-state index in [0.29, 0.717) is 18.7 Å². The van der Waals surface area contributed by atoms with Gasteiger partial charge < -0.3 is 10.2 Å². The average molecular weight is 370 g/mol. The summed E-state index contributed by atoms with van der Waals surface area (Å²) in [5, 5.41) is 2.93. The van der Waals surface area contributed by atoms with Crippen LogP contribution < -0.4 is 10.2 Å². The summed E-state index contributed by atoms with van der Waals surface area (Å²) in [6.45, 7) is 2.59. The van der Waals surface area contributed by atoms with Gasteiger partial charge in [0.25, 0.3) is 0 Å². The summed E-state index contributed by atoms with van der Waals surface area (Å²) in [7, 11) is -2.87. The highest BCUT2D eigenvalue weighted by molar-refractivity contribution is 8.02. The van der Waals surface area contributed by atoms with E-state index in [4.69, 9.17) is 0 Å². The van der Waals surface area contributed by atoms with Gasteiger partial charge in [0, 0.05) is 31.1 Å². The van der Waals surface area contributed by atoms with Crippen molar-refractivity contribution in [1.29, 1.82) is 0 Å². The zero-order chi connectivity index (χ0) is 17.0. The lowest BCUT2D eigenvalue weighted by atomic mass is 10.2. The average Bonchev–Trinajstić information content (AvgIpc) is 3.21. The molecule has 0 aliphatic carbocycles. The number of amides is 1. The van der Waals surface area contributed by atoms with Gasteiger partial charge in [-0.25, -0.2) is 13.4 Å². The smallest absolute Gasteiger partial charge is 0.230 e.